The van der Waals surface area contributed by atoms with Crippen molar-refractivity contribution in [2.45, 2.75) is 19.3 Å². The number of hydrogen-bond acceptors (Lipinski definition) is 5. The Labute approximate surface area is 199 Å². The first-order valence-corrected chi connectivity index (χ1v) is 11.2. The molecule has 0 saturated heterocycles. The minimum atomic E-state index is -4.52. The monoisotopic (exact) mass is 500 g/mol. The lowest BCUT2D eigenvalue weighted by atomic mass is 10.1. The average molecular weight is 500 g/mol. The number of amides is 1. The van der Waals surface area contributed by atoms with E-state index in [1.807, 2.05) is 0 Å². The van der Waals surface area contributed by atoms with E-state index in [0.717, 1.165) is 12.1 Å². The van der Waals surface area contributed by atoms with Crippen molar-refractivity contribution in [2.24, 2.45) is 0 Å². The van der Waals surface area contributed by atoms with Crippen LogP contribution in [0.5, 0.6) is 0 Å². The number of hydrogen-bond donors (Lipinski definition) is 2. The van der Waals surface area contributed by atoms with Gasteiger partial charge in [-0.3, -0.25) is 4.79 Å². The Morgan fingerprint density at radius 3 is 2.71 bits per heavy atom. The molecule has 5 rings (SSSR count). The molecule has 35 heavy (non-hydrogen) atoms. The lowest BCUT2D eigenvalue weighted by Gasteiger charge is -2.13. The fourth-order valence-corrected chi connectivity index (χ4v) is 4.56. The highest BCUT2D eigenvalue weighted by atomic mass is 32.1. The number of aromatic nitrogens is 3. The predicted molar refractivity (Wildman–Crippen MR) is 124 cm³/mol. The van der Waals surface area contributed by atoms with Crippen molar-refractivity contribution in [1.29, 1.82) is 0 Å². The van der Waals surface area contributed by atoms with Gasteiger partial charge in [-0.1, -0.05) is 23.5 Å². The molecule has 0 bridgehead atoms. The van der Waals surface area contributed by atoms with Crippen molar-refractivity contribution in [3.8, 4) is 0 Å². The average Bonchev–Trinajstić information content (AvgIpc) is 3.39. The van der Waals surface area contributed by atoms with E-state index in [-0.39, 0.29) is 18.8 Å². The van der Waals surface area contributed by atoms with Crippen LogP contribution in [0.15, 0.2) is 60.8 Å². The Kier molecular flexibility index (Phi) is 5.73. The molecule has 0 atom stereocenters. The Balaban J connectivity index is 1.52. The van der Waals surface area contributed by atoms with Gasteiger partial charge in [0.25, 0.3) is 5.91 Å². The van der Waals surface area contributed by atoms with Gasteiger partial charge in [0.05, 0.1) is 29.6 Å². The van der Waals surface area contributed by atoms with Crippen molar-refractivity contribution in [2.75, 3.05) is 5.32 Å². The van der Waals surface area contributed by atoms with Gasteiger partial charge in [-0.15, -0.1) is 0 Å². The third-order valence-corrected chi connectivity index (χ3v) is 6.34. The number of fused-ring (bicyclic) bond motifs is 2. The fourth-order valence-electron chi connectivity index (χ4n) is 3.81. The van der Waals surface area contributed by atoms with Crippen LogP contribution in [-0.2, 0) is 19.3 Å². The molecule has 3 aromatic heterocycles. The minimum absolute atomic E-state index is 0.0805. The zero-order valence-electron chi connectivity index (χ0n) is 17.8. The van der Waals surface area contributed by atoms with Gasteiger partial charge in [-0.25, -0.2) is 14.4 Å². The highest BCUT2D eigenvalue weighted by Crippen LogP contribution is 2.31. The molecule has 11 heteroatoms. The Hall–Kier alpha value is -3.83. The number of carbonyl (C=O) groups excluding carboxylic acids is 1. The highest BCUT2D eigenvalue weighted by Gasteiger charge is 2.30. The molecule has 0 aliphatic heterocycles. The number of thiazole rings is 1. The van der Waals surface area contributed by atoms with E-state index < -0.39 is 23.5 Å². The summed E-state index contributed by atoms with van der Waals surface area (Å²) in [4.78, 5) is 22.3. The molecule has 2 aromatic carbocycles. The number of anilines is 1. The molecule has 0 spiro atoms. The van der Waals surface area contributed by atoms with Crippen LogP contribution >= 0.6 is 11.3 Å². The van der Waals surface area contributed by atoms with Gasteiger partial charge in [0.1, 0.15) is 26.9 Å². The van der Waals surface area contributed by atoms with E-state index in [0.29, 0.717) is 37.5 Å². The molecule has 0 aliphatic rings. The third-order valence-electron chi connectivity index (χ3n) is 5.38. The number of benzene rings is 2. The summed E-state index contributed by atoms with van der Waals surface area (Å²) in [5.74, 6) is -1.09. The number of halogens is 4. The van der Waals surface area contributed by atoms with Gasteiger partial charge in [0, 0.05) is 11.9 Å². The lowest BCUT2D eigenvalue weighted by molar-refractivity contribution is -0.137. The molecule has 0 fully saturated rings. The first-order chi connectivity index (χ1) is 16.7. The summed E-state index contributed by atoms with van der Waals surface area (Å²) < 4.78 is 55.1. The van der Waals surface area contributed by atoms with Gasteiger partial charge >= 0.3 is 6.18 Å². The van der Waals surface area contributed by atoms with Gasteiger partial charge in [0.15, 0.2) is 0 Å². The van der Waals surface area contributed by atoms with Gasteiger partial charge in [-0.05, 0) is 48.0 Å². The largest absolute Gasteiger partial charge is 0.416 e. The van der Waals surface area contributed by atoms with Crippen LogP contribution in [0.4, 0.5) is 23.2 Å². The molecule has 0 saturated carbocycles. The van der Waals surface area contributed by atoms with Crippen LogP contribution in [0.25, 0.3) is 21.3 Å². The Morgan fingerprint density at radius 2 is 1.94 bits per heavy atom. The molecule has 2 N–H and O–H groups in total. The first-order valence-electron chi connectivity index (χ1n) is 10.3. The highest BCUT2D eigenvalue weighted by molar-refractivity contribution is 7.18. The maximum absolute atomic E-state index is 14.0. The van der Waals surface area contributed by atoms with Crippen LogP contribution < -0.4 is 5.32 Å². The van der Waals surface area contributed by atoms with E-state index in [9.17, 15) is 27.5 Å². The maximum Gasteiger partial charge on any atom is 0.416 e. The van der Waals surface area contributed by atoms with E-state index >= 15 is 0 Å². The molecule has 0 radical (unpaired) electrons. The van der Waals surface area contributed by atoms with Crippen LogP contribution in [0, 0.1) is 5.82 Å². The second-order valence-corrected chi connectivity index (χ2v) is 8.85. The van der Waals surface area contributed by atoms with E-state index in [2.05, 4.69) is 15.3 Å². The Bertz CT molecular complexity index is 1580. The standard InChI is InChI=1S/C24H16F4N4O2S/c25-16-5-4-14-7-20(22(34)30-17-9-18-23(29-10-17)35-21(12-33)31-18)32(19(14)8-16)11-13-2-1-3-15(6-13)24(26,27)28/h1-10,33H,11-12H2,(H,30,34). The van der Waals surface area contributed by atoms with Crippen molar-refractivity contribution in [3.63, 3.8) is 0 Å². The molecular weight excluding hydrogens is 484 g/mol. The molecular formula is C24H16F4N4O2S. The van der Waals surface area contributed by atoms with Crippen molar-refractivity contribution in [3.05, 3.63) is 88.4 Å². The van der Waals surface area contributed by atoms with Crippen LogP contribution in [0.2, 0.25) is 0 Å². The summed E-state index contributed by atoms with van der Waals surface area (Å²) in [5, 5.41) is 13.0. The summed E-state index contributed by atoms with van der Waals surface area (Å²) in [6.45, 7) is -0.308. The number of pyridine rings is 1. The summed E-state index contributed by atoms with van der Waals surface area (Å²) >= 11 is 1.23. The number of rotatable bonds is 5. The van der Waals surface area contributed by atoms with Gasteiger partial charge in [-0.2, -0.15) is 13.2 Å². The zero-order valence-corrected chi connectivity index (χ0v) is 18.6. The summed E-state index contributed by atoms with van der Waals surface area (Å²) in [7, 11) is 0. The van der Waals surface area contributed by atoms with Crippen molar-refractivity contribution in [1.82, 2.24) is 14.5 Å². The number of alkyl halides is 3. The number of nitrogens with zero attached hydrogens (tertiary/aromatic N) is 3. The zero-order chi connectivity index (χ0) is 24.7. The SMILES string of the molecule is O=C(Nc1cnc2sc(CO)nc2c1)c1cc2ccc(F)cc2n1Cc1cccc(C(F)(F)F)c1. The van der Waals surface area contributed by atoms with Gasteiger partial charge in [0.2, 0.25) is 0 Å². The minimum Gasteiger partial charge on any atom is -0.389 e. The van der Waals surface area contributed by atoms with Crippen LogP contribution in [0.1, 0.15) is 26.6 Å². The maximum atomic E-state index is 14.0. The van der Waals surface area contributed by atoms with Crippen molar-refractivity contribution >= 4 is 44.2 Å². The topological polar surface area (TPSA) is 80.0 Å². The molecule has 3 heterocycles. The molecule has 5 aromatic rings. The van der Waals surface area contributed by atoms with Gasteiger partial charge < -0.3 is 15.0 Å². The summed E-state index contributed by atoms with van der Waals surface area (Å²) in [5.41, 5.74) is 0.847. The lowest BCUT2D eigenvalue weighted by Crippen LogP contribution is -2.18. The summed E-state index contributed by atoms with van der Waals surface area (Å²) in [6.07, 6.45) is -3.07. The van der Waals surface area contributed by atoms with E-state index in [1.54, 1.807) is 12.1 Å². The molecule has 0 aliphatic carbocycles. The second kappa shape index (κ2) is 8.75. The third kappa shape index (κ3) is 4.60. The van der Waals surface area contributed by atoms with E-state index in [4.69, 9.17) is 0 Å². The fraction of sp³-hybridized carbons (Fsp3) is 0.125. The number of carbonyl (C=O) groups is 1. The number of aliphatic hydroxyl groups is 1. The van der Waals surface area contributed by atoms with Crippen LogP contribution in [-0.4, -0.2) is 25.5 Å². The number of nitrogens with one attached hydrogen (secondary N) is 1. The normalized spacial score (nSPS) is 11.9. The molecule has 1 amide bonds. The number of aliphatic hydroxyl groups excluding tert-OH is 1. The van der Waals surface area contributed by atoms with Crippen molar-refractivity contribution < 1.29 is 27.5 Å². The molecule has 0 unspecified atom stereocenters. The first kappa shape index (κ1) is 22.9. The second-order valence-electron chi connectivity index (χ2n) is 7.79. The quantitative estimate of drug-likeness (QED) is 0.308. The summed E-state index contributed by atoms with van der Waals surface area (Å²) in [6, 6.07) is 11.9. The predicted octanol–water partition coefficient (Wildman–Crippen LogP) is 5.60. The molecule has 178 valence electrons. The molecule has 6 nitrogen and oxygen atoms in total. The van der Waals surface area contributed by atoms with E-state index in [1.165, 1.54) is 52.4 Å². The van der Waals surface area contributed by atoms with Crippen LogP contribution in [0.3, 0.4) is 0 Å². The Morgan fingerprint density at radius 1 is 1.11 bits per heavy atom. The smallest absolute Gasteiger partial charge is 0.389 e.